The second kappa shape index (κ2) is 4.28. The molecule has 0 N–H and O–H groups in total. The summed E-state index contributed by atoms with van der Waals surface area (Å²) in [5, 5.41) is 0. The van der Waals surface area contributed by atoms with Crippen LogP contribution in [0.2, 0.25) is 0 Å². The molecule has 0 radical (unpaired) electrons. The molecule has 0 bridgehead atoms. The predicted molar refractivity (Wildman–Crippen MR) is 72.4 cm³/mol. The second-order valence-corrected chi connectivity index (χ2v) is 4.98. The van der Waals surface area contributed by atoms with E-state index in [4.69, 9.17) is 9.72 Å². The van der Waals surface area contributed by atoms with Crippen LogP contribution in [0.25, 0.3) is 5.65 Å². The number of nitrogens with zero attached hydrogens (tertiary/aromatic N) is 3. The van der Waals surface area contributed by atoms with Crippen molar-refractivity contribution in [3.63, 3.8) is 0 Å². The number of fused-ring (bicyclic) bond motifs is 1. The molecular formula is C14H19N3O. The SMILES string of the molecule is Cc1cc(N2CCOCC2)c2nc(C)c(C)n2c1. The Bertz CT molecular complexity index is 582. The topological polar surface area (TPSA) is 29.8 Å². The molecule has 0 saturated carbocycles. The first-order chi connectivity index (χ1) is 8.66. The van der Waals surface area contributed by atoms with Crippen molar-refractivity contribution in [1.82, 2.24) is 9.38 Å². The van der Waals surface area contributed by atoms with Crippen molar-refractivity contribution in [1.29, 1.82) is 0 Å². The van der Waals surface area contributed by atoms with Crippen molar-refractivity contribution in [3.05, 3.63) is 29.2 Å². The van der Waals surface area contributed by atoms with Gasteiger partial charge in [0.05, 0.1) is 24.6 Å². The molecule has 0 aromatic carbocycles. The van der Waals surface area contributed by atoms with Gasteiger partial charge in [0, 0.05) is 25.0 Å². The van der Waals surface area contributed by atoms with E-state index in [1.54, 1.807) is 0 Å². The Morgan fingerprint density at radius 2 is 1.89 bits per heavy atom. The van der Waals surface area contributed by atoms with Gasteiger partial charge in [0.2, 0.25) is 0 Å². The molecule has 1 saturated heterocycles. The lowest BCUT2D eigenvalue weighted by Crippen LogP contribution is -2.36. The van der Waals surface area contributed by atoms with E-state index >= 15 is 0 Å². The molecule has 1 aliphatic rings. The molecule has 0 unspecified atom stereocenters. The van der Waals surface area contributed by atoms with Crippen LogP contribution in [0, 0.1) is 20.8 Å². The standard InChI is InChI=1S/C14H19N3O/c1-10-8-13(16-4-6-18-7-5-16)14-15-11(2)12(3)17(14)9-10/h8-9H,4-7H2,1-3H3. The highest BCUT2D eigenvalue weighted by molar-refractivity contribution is 5.71. The van der Waals surface area contributed by atoms with E-state index in [0.29, 0.717) is 0 Å². The molecule has 0 amide bonds. The Morgan fingerprint density at radius 1 is 1.17 bits per heavy atom. The van der Waals surface area contributed by atoms with Crippen molar-refractivity contribution in [2.45, 2.75) is 20.8 Å². The summed E-state index contributed by atoms with van der Waals surface area (Å²) in [4.78, 5) is 7.08. The maximum atomic E-state index is 5.42. The predicted octanol–water partition coefficient (Wildman–Crippen LogP) is 2.10. The van der Waals surface area contributed by atoms with Crippen LogP contribution in [0.1, 0.15) is 17.0 Å². The fourth-order valence-electron chi connectivity index (χ4n) is 2.52. The number of imidazole rings is 1. The third-order valence-electron chi connectivity index (χ3n) is 3.66. The molecule has 18 heavy (non-hydrogen) atoms. The Labute approximate surface area is 107 Å². The summed E-state index contributed by atoms with van der Waals surface area (Å²) in [6, 6.07) is 2.23. The fourth-order valence-corrected chi connectivity index (χ4v) is 2.52. The lowest BCUT2D eigenvalue weighted by atomic mass is 10.2. The van der Waals surface area contributed by atoms with Crippen molar-refractivity contribution in [2.24, 2.45) is 0 Å². The van der Waals surface area contributed by atoms with Gasteiger partial charge in [-0.15, -0.1) is 0 Å². The first-order valence-corrected chi connectivity index (χ1v) is 6.45. The quantitative estimate of drug-likeness (QED) is 0.770. The van der Waals surface area contributed by atoms with Crippen LogP contribution in [0.15, 0.2) is 12.3 Å². The van der Waals surface area contributed by atoms with E-state index < -0.39 is 0 Å². The zero-order valence-corrected chi connectivity index (χ0v) is 11.2. The number of rotatable bonds is 1. The normalized spacial score (nSPS) is 16.5. The van der Waals surface area contributed by atoms with Gasteiger partial charge in [-0.25, -0.2) is 4.98 Å². The van der Waals surface area contributed by atoms with Gasteiger partial charge in [-0.05, 0) is 32.4 Å². The van der Waals surface area contributed by atoms with E-state index in [0.717, 1.165) is 37.6 Å². The first-order valence-electron chi connectivity index (χ1n) is 6.45. The third kappa shape index (κ3) is 1.77. The van der Waals surface area contributed by atoms with Gasteiger partial charge in [-0.3, -0.25) is 0 Å². The lowest BCUT2D eigenvalue weighted by molar-refractivity contribution is 0.123. The van der Waals surface area contributed by atoms with E-state index in [2.05, 4.69) is 42.3 Å². The van der Waals surface area contributed by atoms with Gasteiger partial charge in [0.15, 0.2) is 5.65 Å². The van der Waals surface area contributed by atoms with Crippen LogP contribution in [0.3, 0.4) is 0 Å². The zero-order valence-electron chi connectivity index (χ0n) is 11.2. The monoisotopic (exact) mass is 245 g/mol. The summed E-state index contributed by atoms with van der Waals surface area (Å²) in [5.41, 5.74) is 5.90. The summed E-state index contributed by atoms with van der Waals surface area (Å²) in [5.74, 6) is 0. The number of hydrogen-bond donors (Lipinski definition) is 0. The smallest absolute Gasteiger partial charge is 0.160 e. The molecule has 4 nitrogen and oxygen atoms in total. The number of pyridine rings is 1. The maximum Gasteiger partial charge on any atom is 0.160 e. The maximum absolute atomic E-state index is 5.42. The number of aromatic nitrogens is 2. The highest BCUT2D eigenvalue weighted by Gasteiger charge is 2.17. The molecule has 0 aliphatic carbocycles. The van der Waals surface area contributed by atoms with E-state index in [1.165, 1.54) is 16.9 Å². The Morgan fingerprint density at radius 3 is 2.61 bits per heavy atom. The van der Waals surface area contributed by atoms with Crippen molar-refractivity contribution in [2.75, 3.05) is 31.2 Å². The molecule has 1 aliphatic heterocycles. The molecule has 3 rings (SSSR count). The molecule has 0 atom stereocenters. The number of anilines is 1. The minimum absolute atomic E-state index is 0.804. The highest BCUT2D eigenvalue weighted by atomic mass is 16.5. The molecule has 2 aromatic rings. The Hall–Kier alpha value is -1.55. The van der Waals surface area contributed by atoms with E-state index in [1.807, 2.05) is 0 Å². The average Bonchev–Trinajstić information content (AvgIpc) is 2.66. The summed E-state index contributed by atoms with van der Waals surface area (Å²) >= 11 is 0. The molecule has 1 fully saturated rings. The van der Waals surface area contributed by atoms with Crippen LogP contribution < -0.4 is 4.90 Å². The Kier molecular flexibility index (Phi) is 2.74. The second-order valence-electron chi connectivity index (χ2n) is 4.98. The van der Waals surface area contributed by atoms with Crippen LogP contribution in [0.4, 0.5) is 5.69 Å². The third-order valence-corrected chi connectivity index (χ3v) is 3.66. The van der Waals surface area contributed by atoms with Crippen LogP contribution >= 0.6 is 0 Å². The van der Waals surface area contributed by atoms with Gasteiger partial charge in [-0.1, -0.05) is 0 Å². The van der Waals surface area contributed by atoms with Crippen LogP contribution in [-0.4, -0.2) is 35.7 Å². The molecule has 96 valence electrons. The minimum atomic E-state index is 0.804. The number of ether oxygens (including phenoxy) is 1. The largest absolute Gasteiger partial charge is 0.378 e. The summed E-state index contributed by atoms with van der Waals surface area (Å²) in [6.07, 6.45) is 2.16. The van der Waals surface area contributed by atoms with Gasteiger partial charge >= 0.3 is 0 Å². The first kappa shape index (κ1) is 11.5. The molecule has 2 aromatic heterocycles. The molecule has 4 heteroatoms. The number of hydrogen-bond acceptors (Lipinski definition) is 3. The van der Waals surface area contributed by atoms with Gasteiger partial charge in [0.1, 0.15) is 0 Å². The van der Waals surface area contributed by atoms with E-state index in [9.17, 15) is 0 Å². The highest BCUT2D eigenvalue weighted by Crippen LogP contribution is 2.25. The van der Waals surface area contributed by atoms with Crippen molar-refractivity contribution >= 4 is 11.3 Å². The van der Waals surface area contributed by atoms with Crippen molar-refractivity contribution in [3.8, 4) is 0 Å². The number of morpholine rings is 1. The van der Waals surface area contributed by atoms with Crippen molar-refractivity contribution < 1.29 is 4.74 Å². The van der Waals surface area contributed by atoms with Gasteiger partial charge in [-0.2, -0.15) is 0 Å². The minimum Gasteiger partial charge on any atom is -0.378 e. The van der Waals surface area contributed by atoms with Gasteiger partial charge < -0.3 is 14.0 Å². The fraction of sp³-hybridized carbons (Fsp3) is 0.500. The summed E-state index contributed by atoms with van der Waals surface area (Å²) in [6.45, 7) is 9.84. The summed E-state index contributed by atoms with van der Waals surface area (Å²) in [7, 11) is 0. The molecular weight excluding hydrogens is 226 g/mol. The molecule has 3 heterocycles. The van der Waals surface area contributed by atoms with Crippen LogP contribution in [0.5, 0.6) is 0 Å². The summed E-state index contributed by atoms with van der Waals surface area (Å²) < 4.78 is 7.63. The van der Waals surface area contributed by atoms with Gasteiger partial charge in [0.25, 0.3) is 0 Å². The zero-order chi connectivity index (χ0) is 12.7. The average molecular weight is 245 g/mol. The molecule has 0 spiro atoms. The Balaban J connectivity index is 2.17. The lowest BCUT2D eigenvalue weighted by Gasteiger charge is -2.29. The van der Waals surface area contributed by atoms with E-state index in [-0.39, 0.29) is 0 Å². The number of aryl methyl sites for hydroxylation is 3. The van der Waals surface area contributed by atoms with Crippen LogP contribution in [-0.2, 0) is 4.74 Å².